The second kappa shape index (κ2) is 4.78. The summed E-state index contributed by atoms with van der Waals surface area (Å²) in [5, 5.41) is 2.43. The first kappa shape index (κ1) is 12.6. The highest BCUT2D eigenvalue weighted by atomic mass is 35.5. The van der Waals surface area contributed by atoms with Gasteiger partial charge in [0, 0.05) is 5.69 Å². The Hall–Kier alpha value is -1.88. The zero-order valence-electron chi connectivity index (χ0n) is 8.98. The molecule has 0 aliphatic heterocycles. The standard InChI is InChI=1S/C12H8ClF3N2/c13-7-5-6(1-2-8(7)14)18-12-10(17)4-3-9(15)11(12)16/h1-5,18H,17H2. The van der Waals surface area contributed by atoms with Crippen molar-refractivity contribution in [2.75, 3.05) is 11.1 Å². The van der Waals surface area contributed by atoms with Crippen LogP contribution in [0.1, 0.15) is 0 Å². The van der Waals surface area contributed by atoms with Gasteiger partial charge in [0.2, 0.25) is 0 Å². The van der Waals surface area contributed by atoms with E-state index < -0.39 is 17.5 Å². The summed E-state index contributed by atoms with van der Waals surface area (Å²) in [6.07, 6.45) is 0. The first-order chi connectivity index (χ1) is 8.49. The molecule has 0 aliphatic rings. The van der Waals surface area contributed by atoms with Crippen molar-refractivity contribution in [2.45, 2.75) is 0 Å². The molecule has 2 aromatic carbocycles. The second-order valence-electron chi connectivity index (χ2n) is 3.58. The third kappa shape index (κ3) is 2.36. The molecule has 18 heavy (non-hydrogen) atoms. The molecule has 0 amide bonds. The van der Waals surface area contributed by atoms with Crippen LogP contribution in [0.4, 0.5) is 30.2 Å². The summed E-state index contributed by atoms with van der Waals surface area (Å²) in [5.74, 6) is -2.73. The van der Waals surface area contributed by atoms with E-state index in [0.29, 0.717) is 5.69 Å². The molecule has 0 aliphatic carbocycles. The van der Waals surface area contributed by atoms with E-state index in [9.17, 15) is 13.2 Å². The van der Waals surface area contributed by atoms with Gasteiger partial charge in [0.15, 0.2) is 11.6 Å². The molecule has 0 unspecified atom stereocenters. The van der Waals surface area contributed by atoms with Crippen molar-refractivity contribution in [1.82, 2.24) is 0 Å². The number of benzene rings is 2. The molecule has 2 aromatic rings. The molecular formula is C12H8ClF3N2. The summed E-state index contributed by atoms with van der Waals surface area (Å²) in [5.41, 5.74) is 5.66. The summed E-state index contributed by atoms with van der Waals surface area (Å²) < 4.78 is 39.5. The van der Waals surface area contributed by atoms with Crippen molar-refractivity contribution in [2.24, 2.45) is 0 Å². The molecule has 0 radical (unpaired) electrons. The number of nitrogen functional groups attached to an aromatic ring is 1. The Bertz CT molecular complexity index is 602. The van der Waals surface area contributed by atoms with Gasteiger partial charge in [-0.2, -0.15) is 0 Å². The highest BCUT2D eigenvalue weighted by Crippen LogP contribution is 2.29. The van der Waals surface area contributed by atoms with Crippen LogP contribution >= 0.6 is 11.6 Å². The largest absolute Gasteiger partial charge is 0.397 e. The minimum absolute atomic E-state index is 0.0364. The maximum Gasteiger partial charge on any atom is 0.184 e. The van der Waals surface area contributed by atoms with E-state index in [1.807, 2.05) is 0 Å². The van der Waals surface area contributed by atoms with Crippen LogP contribution in [-0.2, 0) is 0 Å². The van der Waals surface area contributed by atoms with Crippen LogP contribution < -0.4 is 11.1 Å². The fraction of sp³-hybridized carbons (Fsp3) is 0. The van der Waals surface area contributed by atoms with E-state index in [2.05, 4.69) is 5.32 Å². The lowest BCUT2D eigenvalue weighted by atomic mass is 10.2. The summed E-state index contributed by atoms with van der Waals surface area (Å²) >= 11 is 5.58. The van der Waals surface area contributed by atoms with Gasteiger partial charge in [0.05, 0.1) is 10.7 Å². The first-order valence-corrected chi connectivity index (χ1v) is 5.32. The molecule has 3 N–H and O–H groups in total. The number of rotatable bonds is 2. The Kier molecular flexibility index (Phi) is 3.34. The van der Waals surface area contributed by atoms with Gasteiger partial charge in [-0.3, -0.25) is 0 Å². The summed E-state index contributed by atoms with van der Waals surface area (Å²) in [7, 11) is 0. The van der Waals surface area contributed by atoms with Crippen molar-refractivity contribution >= 4 is 28.7 Å². The fourth-order valence-electron chi connectivity index (χ4n) is 1.41. The smallest absolute Gasteiger partial charge is 0.184 e. The number of anilines is 3. The summed E-state index contributed by atoms with van der Waals surface area (Å²) in [4.78, 5) is 0. The van der Waals surface area contributed by atoms with Gasteiger partial charge < -0.3 is 11.1 Å². The van der Waals surface area contributed by atoms with E-state index in [-0.39, 0.29) is 16.4 Å². The summed E-state index contributed by atoms with van der Waals surface area (Å²) in [6.45, 7) is 0. The maximum atomic E-state index is 13.5. The molecule has 94 valence electrons. The van der Waals surface area contributed by atoms with Crippen molar-refractivity contribution in [3.05, 3.63) is 52.8 Å². The number of nitrogens with two attached hydrogens (primary N) is 1. The lowest BCUT2D eigenvalue weighted by molar-refractivity contribution is 0.512. The predicted molar refractivity (Wildman–Crippen MR) is 65.5 cm³/mol. The zero-order valence-corrected chi connectivity index (χ0v) is 9.73. The van der Waals surface area contributed by atoms with E-state index in [1.54, 1.807) is 0 Å². The average Bonchev–Trinajstić information content (AvgIpc) is 2.34. The minimum Gasteiger partial charge on any atom is -0.397 e. The number of nitrogens with one attached hydrogen (secondary N) is 1. The molecule has 0 atom stereocenters. The molecule has 0 fully saturated rings. The van der Waals surface area contributed by atoms with E-state index >= 15 is 0 Å². The molecular weight excluding hydrogens is 265 g/mol. The monoisotopic (exact) mass is 272 g/mol. The molecule has 0 heterocycles. The third-order valence-electron chi connectivity index (χ3n) is 2.32. The molecule has 0 aromatic heterocycles. The molecule has 0 spiro atoms. The Morgan fingerprint density at radius 1 is 1.00 bits per heavy atom. The third-order valence-corrected chi connectivity index (χ3v) is 2.61. The molecule has 6 heteroatoms. The molecule has 0 saturated carbocycles. The minimum atomic E-state index is -1.10. The topological polar surface area (TPSA) is 38.0 Å². The van der Waals surface area contributed by atoms with Crippen LogP contribution in [0, 0.1) is 17.5 Å². The summed E-state index contributed by atoms with van der Waals surface area (Å²) in [6, 6.07) is 5.85. The number of hydrogen-bond donors (Lipinski definition) is 2. The normalized spacial score (nSPS) is 10.4. The van der Waals surface area contributed by atoms with Crippen LogP contribution in [-0.4, -0.2) is 0 Å². The Labute approximate surface area is 106 Å². The SMILES string of the molecule is Nc1ccc(F)c(F)c1Nc1ccc(F)c(Cl)c1. The number of hydrogen-bond acceptors (Lipinski definition) is 2. The quantitative estimate of drug-likeness (QED) is 0.808. The van der Waals surface area contributed by atoms with Gasteiger partial charge in [0.1, 0.15) is 11.5 Å². The van der Waals surface area contributed by atoms with Crippen LogP contribution in [0.15, 0.2) is 30.3 Å². The second-order valence-corrected chi connectivity index (χ2v) is 3.99. The first-order valence-electron chi connectivity index (χ1n) is 4.94. The van der Waals surface area contributed by atoms with Crippen molar-refractivity contribution in [3.63, 3.8) is 0 Å². The Morgan fingerprint density at radius 3 is 2.33 bits per heavy atom. The van der Waals surface area contributed by atoms with Crippen LogP contribution in [0.2, 0.25) is 5.02 Å². The van der Waals surface area contributed by atoms with E-state index in [1.165, 1.54) is 18.2 Å². The lowest BCUT2D eigenvalue weighted by Gasteiger charge is -2.11. The zero-order chi connectivity index (χ0) is 13.3. The van der Waals surface area contributed by atoms with Crippen LogP contribution in [0.25, 0.3) is 0 Å². The molecule has 2 rings (SSSR count). The Balaban J connectivity index is 2.39. The fourth-order valence-corrected chi connectivity index (χ4v) is 1.59. The molecule has 0 bridgehead atoms. The molecule has 0 saturated heterocycles. The van der Waals surface area contributed by atoms with Gasteiger partial charge in [-0.15, -0.1) is 0 Å². The van der Waals surface area contributed by atoms with Crippen molar-refractivity contribution in [1.29, 1.82) is 0 Å². The van der Waals surface area contributed by atoms with Gasteiger partial charge in [0.25, 0.3) is 0 Å². The van der Waals surface area contributed by atoms with Gasteiger partial charge in [-0.1, -0.05) is 11.6 Å². The highest BCUT2D eigenvalue weighted by molar-refractivity contribution is 6.31. The lowest BCUT2D eigenvalue weighted by Crippen LogP contribution is -2.01. The number of halogens is 4. The van der Waals surface area contributed by atoms with Crippen molar-refractivity contribution in [3.8, 4) is 0 Å². The van der Waals surface area contributed by atoms with Crippen LogP contribution in [0.5, 0.6) is 0 Å². The van der Waals surface area contributed by atoms with E-state index in [4.69, 9.17) is 17.3 Å². The predicted octanol–water partition coefficient (Wildman–Crippen LogP) is 4.08. The Morgan fingerprint density at radius 2 is 1.67 bits per heavy atom. The van der Waals surface area contributed by atoms with Crippen molar-refractivity contribution < 1.29 is 13.2 Å². The van der Waals surface area contributed by atoms with E-state index in [0.717, 1.165) is 12.1 Å². The highest BCUT2D eigenvalue weighted by Gasteiger charge is 2.12. The van der Waals surface area contributed by atoms with Gasteiger partial charge in [-0.25, -0.2) is 13.2 Å². The van der Waals surface area contributed by atoms with Gasteiger partial charge >= 0.3 is 0 Å². The average molecular weight is 273 g/mol. The van der Waals surface area contributed by atoms with Gasteiger partial charge in [-0.05, 0) is 30.3 Å². The molecule has 2 nitrogen and oxygen atoms in total. The maximum absolute atomic E-state index is 13.5. The van der Waals surface area contributed by atoms with Crippen LogP contribution in [0.3, 0.4) is 0 Å².